The zero-order chi connectivity index (χ0) is 11.4. The molecule has 0 radical (unpaired) electrons. The Hall–Kier alpha value is -0.910. The molecular weight excluding hydrogens is 207 g/mol. The Morgan fingerprint density at radius 2 is 1.71 bits per heavy atom. The Kier molecular flexibility index (Phi) is 4.25. The van der Waals surface area contributed by atoms with Crippen molar-refractivity contribution in [1.82, 2.24) is 0 Å². The molecule has 0 saturated heterocycles. The van der Waals surface area contributed by atoms with Crippen LogP contribution in [0, 0.1) is 0 Å². The van der Waals surface area contributed by atoms with Crippen LogP contribution in [0.1, 0.15) is 12.8 Å². The lowest BCUT2D eigenvalue weighted by molar-refractivity contribution is -0.257. The number of rotatable bonds is 4. The second-order valence-corrected chi connectivity index (χ2v) is 2.72. The molecule has 0 heterocycles. The van der Waals surface area contributed by atoms with Gasteiger partial charge in [-0.25, -0.2) is 0 Å². The van der Waals surface area contributed by atoms with Crippen molar-refractivity contribution in [3.8, 4) is 0 Å². The van der Waals surface area contributed by atoms with Crippen molar-refractivity contribution in [1.29, 1.82) is 0 Å². The molecule has 0 saturated carbocycles. The molecule has 0 aromatic carbocycles. The van der Waals surface area contributed by atoms with E-state index in [1.807, 2.05) is 0 Å². The molecule has 0 bridgehead atoms. The first-order valence-electron chi connectivity index (χ1n) is 3.64. The average molecular weight is 216 g/mol. The van der Waals surface area contributed by atoms with Gasteiger partial charge in [0.2, 0.25) is 0 Å². The molecule has 1 N–H and O–H groups in total. The molecule has 0 spiro atoms. The Bertz CT molecular complexity index is 228. The number of alkyl halides is 3. The predicted octanol–water partition coefficient (Wildman–Crippen LogP) is 3.03. The molecule has 0 rings (SSSR count). The monoisotopic (exact) mass is 216 g/mol. The molecule has 0 aliphatic rings. The standard InChI is InChI=1S/C8H9F5O/c1-2-4-7(14,8(11,12)13)5-3-6(9)10/h2-3,14H,1,4-5H2. The molecule has 1 unspecified atom stereocenters. The maximum absolute atomic E-state index is 12.2. The van der Waals surface area contributed by atoms with E-state index in [9.17, 15) is 22.0 Å². The van der Waals surface area contributed by atoms with Crippen LogP contribution in [-0.2, 0) is 0 Å². The first-order chi connectivity index (χ1) is 6.23. The summed E-state index contributed by atoms with van der Waals surface area (Å²) in [5.41, 5.74) is -3.15. The maximum atomic E-state index is 12.2. The third-order valence-corrected chi connectivity index (χ3v) is 1.60. The van der Waals surface area contributed by atoms with Gasteiger partial charge >= 0.3 is 6.18 Å². The Labute approximate surface area is 77.5 Å². The van der Waals surface area contributed by atoms with E-state index < -0.39 is 30.7 Å². The van der Waals surface area contributed by atoms with Gasteiger partial charge in [0.15, 0.2) is 5.60 Å². The van der Waals surface area contributed by atoms with Crippen LogP contribution >= 0.6 is 0 Å². The van der Waals surface area contributed by atoms with Crippen molar-refractivity contribution in [2.75, 3.05) is 0 Å². The summed E-state index contributed by atoms with van der Waals surface area (Å²) in [5.74, 6) is 0. The van der Waals surface area contributed by atoms with Crippen molar-refractivity contribution < 1.29 is 27.1 Å². The molecule has 0 aliphatic carbocycles. The minimum Gasteiger partial charge on any atom is -0.380 e. The Balaban J connectivity index is 4.73. The van der Waals surface area contributed by atoms with Gasteiger partial charge in [0.1, 0.15) is 0 Å². The highest BCUT2D eigenvalue weighted by Crippen LogP contribution is 2.36. The van der Waals surface area contributed by atoms with E-state index in [-0.39, 0.29) is 6.08 Å². The Morgan fingerprint density at radius 3 is 2.00 bits per heavy atom. The highest BCUT2D eigenvalue weighted by atomic mass is 19.4. The van der Waals surface area contributed by atoms with Crippen LogP contribution in [0.3, 0.4) is 0 Å². The highest BCUT2D eigenvalue weighted by Gasteiger charge is 2.51. The van der Waals surface area contributed by atoms with Gasteiger partial charge in [-0.1, -0.05) is 6.08 Å². The van der Waals surface area contributed by atoms with E-state index in [0.717, 1.165) is 6.08 Å². The molecule has 82 valence electrons. The van der Waals surface area contributed by atoms with Crippen LogP contribution in [0.4, 0.5) is 22.0 Å². The molecule has 0 amide bonds. The van der Waals surface area contributed by atoms with Gasteiger partial charge in [0, 0.05) is 12.8 Å². The van der Waals surface area contributed by atoms with Gasteiger partial charge in [0.25, 0.3) is 6.08 Å². The van der Waals surface area contributed by atoms with E-state index in [4.69, 9.17) is 5.11 Å². The molecule has 0 aromatic rings. The number of hydrogen-bond donors (Lipinski definition) is 1. The van der Waals surface area contributed by atoms with Crippen LogP contribution in [-0.4, -0.2) is 16.9 Å². The van der Waals surface area contributed by atoms with Crippen LogP contribution in [0.2, 0.25) is 0 Å². The largest absolute Gasteiger partial charge is 0.417 e. The van der Waals surface area contributed by atoms with Gasteiger partial charge in [-0.15, -0.1) is 6.58 Å². The zero-order valence-electron chi connectivity index (χ0n) is 7.11. The second-order valence-electron chi connectivity index (χ2n) is 2.72. The van der Waals surface area contributed by atoms with E-state index in [1.165, 1.54) is 0 Å². The van der Waals surface area contributed by atoms with Gasteiger partial charge < -0.3 is 5.11 Å². The molecule has 0 aromatic heterocycles. The SMILES string of the molecule is C=CCC(O)(CC=C(F)F)C(F)(F)F. The second kappa shape index (κ2) is 4.54. The molecule has 14 heavy (non-hydrogen) atoms. The smallest absolute Gasteiger partial charge is 0.380 e. The highest BCUT2D eigenvalue weighted by molar-refractivity contribution is 4.99. The average Bonchev–Trinajstić information content (AvgIpc) is 1.99. The molecule has 6 heteroatoms. The van der Waals surface area contributed by atoms with Gasteiger partial charge in [-0.2, -0.15) is 22.0 Å². The molecule has 1 nitrogen and oxygen atoms in total. The van der Waals surface area contributed by atoms with Crippen molar-refractivity contribution in [3.05, 3.63) is 24.8 Å². The summed E-state index contributed by atoms with van der Waals surface area (Å²) >= 11 is 0. The van der Waals surface area contributed by atoms with Crippen molar-refractivity contribution in [3.63, 3.8) is 0 Å². The van der Waals surface area contributed by atoms with E-state index >= 15 is 0 Å². The van der Waals surface area contributed by atoms with E-state index in [1.54, 1.807) is 0 Å². The van der Waals surface area contributed by atoms with Crippen LogP contribution < -0.4 is 0 Å². The normalized spacial score (nSPS) is 15.9. The molecular formula is C8H9F5O. The summed E-state index contributed by atoms with van der Waals surface area (Å²) in [6, 6.07) is 0. The number of aliphatic hydroxyl groups is 1. The number of hydrogen-bond acceptors (Lipinski definition) is 1. The summed E-state index contributed by atoms with van der Waals surface area (Å²) in [6.45, 7) is 3.02. The fourth-order valence-corrected chi connectivity index (χ4v) is 0.800. The summed E-state index contributed by atoms with van der Waals surface area (Å²) in [6.07, 6.45) is -8.33. The third kappa shape index (κ3) is 3.45. The first-order valence-corrected chi connectivity index (χ1v) is 3.64. The first kappa shape index (κ1) is 13.1. The fraction of sp³-hybridized carbons (Fsp3) is 0.500. The van der Waals surface area contributed by atoms with Gasteiger partial charge in [0.05, 0.1) is 0 Å². The lowest BCUT2D eigenvalue weighted by Gasteiger charge is -2.28. The lowest BCUT2D eigenvalue weighted by atomic mass is 9.95. The molecule has 0 fully saturated rings. The summed E-state index contributed by atoms with van der Waals surface area (Å²) in [5, 5.41) is 9.02. The summed E-state index contributed by atoms with van der Waals surface area (Å²) in [7, 11) is 0. The Morgan fingerprint density at radius 1 is 1.21 bits per heavy atom. The summed E-state index contributed by atoms with van der Waals surface area (Å²) < 4.78 is 59.6. The minimum absolute atomic E-state index is 0.0387. The van der Waals surface area contributed by atoms with E-state index in [2.05, 4.69) is 6.58 Å². The van der Waals surface area contributed by atoms with Crippen LogP contribution in [0.5, 0.6) is 0 Å². The lowest BCUT2D eigenvalue weighted by Crippen LogP contribution is -2.44. The zero-order valence-corrected chi connectivity index (χ0v) is 7.11. The minimum atomic E-state index is -4.95. The summed E-state index contributed by atoms with van der Waals surface area (Å²) in [4.78, 5) is 0. The topological polar surface area (TPSA) is 20.2 Å². The van der Waals surface area contributed by atoms with Crippen LogP contribution in [0.25, 0.3) is 0 Å². The third-order valence-electron chi connectivity index (χ3n) is 1.60. The predicted molar refractivity (Wildman–Crippen MR) is 40.7 cm³/mol. The van der Waals surface area contributed by atoms with Crippen molar-refractivity contribution >= 4 is 0 Å². The molecule has 1 atom stereocenters. The number of halogens is 5. The molecule has 0 aliphatic heterocycles. The quantitative estimate of drug-likeness (QED) is 0.565. The van der Waals surface area contributed by atoms with Gasteiger partial charge in [-0.3, -0.25) is 0 Å². The maximum Gasteiger partial charge on any atom is 0.417 e. The van der Waals surface area contributed by atoms with Crippen LogP contribution in [0.15, 0.2) is 24.8 Å². The van der Waals surface area contributed by atoms with E-state index in [0.29, 0.717) is 0 Å². The van der Waals surface area contributed by atoms with Crippen molar-refractivity contribution in [2.24, 2.45) is 0 Å². The van der Waals surface area contributed by atoms with Gasteiger partial charge in [-0.05, 0) is 6.08 Å². The van der Waals surface area contributed by atoms with Crippen molar-refractivity contribution in [2.45, 2.75) is 24.6 Å². The fourth-order valence-electron chi connectivity index (χ4n) is 0.800.